The third-order valence-corrected chi connectivity index (χ3v) is 5.10. The fraction of sp³-hybridized carbons (Fsp3) is 0.294. The minimum atomic E-state index is 0.126. The van der Waals surface area contributed by atoms with Crippen LogP contribution in [-0.2, 0) is 0 Å². The monoisotopic (exact) mass is 396 g/mol. The van der Waals surface area contributed by atoms with Gasteiger partial charge in [-0.25, -0.2) is 0 Å². The Kier molecular flexibility index (Phi) is 5.28. The van der Waals surface area contributed by atoms with E-state index in [0.717, 1.165) is 10.2 Å². The standard InChI is InChI=1S/C17H18Br2O/c1-4-20-16-8-5-11(2)9-14(16)17(19)13-7-6-12(3)15(18)10-13/h5-10,17H,4H2,1-3H3. The Morgan fingerprint density at radius 3 is 2.50 bits per heavy atom. The lowest BCUT2D eigenvalue weighted by Crippen LogP contribution is -2.00. The maximum Gasteiger partial charge on any atom is 0.123 e. The summed E-state index contributed by atoms with van der Waals surface area (Å²) < 4.78 is 6.88. The third kappa shape index (κ3) is 3.44. The van der Waals surface area contributed by atoms with Crippen molar-refractivity contribution in [3.8, 4) is 5.75 Å². The van der Waals surface area contributed by atoms with Gasteiger partial charge in [0.1, 0.15) is 5.75 Å². The van der Waals surface area contributed by atoms with Crippen LogP contribution < -0.4 is 4.74 Å². The van der Waals surface area contributed by atoms with E-state index in [4.69, 9.17) is 4.74 Å². The summed E-state index contributed by atoms with van der Waals surface area (Å²) in [5.74, 6) is 0.941. The van der Waals surface area contributed by atoms with Gasteiger partial charge in [-0.15, -0.1) is 0 Å². The average molecular weight is 398 g/mol. The molecule has 0 amide bonds. The van der Waals surface area contributed by atoms with Crippen molar-refractivity contribution in [1.29, 1.82) is 0 Å². The van der Waals surface area contributed by atoms with Gasteiger partial charge < -0.3 is 4.74 Å². The predicted molar refractivity (Wildman–Crippen MR) is 92.0 cm³/mol. The average Bonchev–Trinajstić information content (AvgIpc) is 2.43. The Labute approximate surface area is 137 Å². The van der Waals surface area contributed by atoms with Crippen LogP contribution in [0, 0.1) is 13.8 Å². The Hall–Kier alpha value is -0.800. The third-order valence-electron chi connectivity index (χ3n) is 3.23. The molecule has 1 atom stereocenters. The van der Waals surface area contributed by atoms with Gasteiger partial charge in [0.15, 0.2) is 0 Å². The van der Waals surface area contributed by atoms with Crippen molar-refractivity contribution in [3.05, 3.63) is 63.1 Å². The molecule has 1 nitrogen and oxygen atoms in total. The van der Waals surface area contributed by atoms with Gasteiger partial charge in [-0.2, -0.15) is 0 Å². The zero-order valence-electron chi connectivity index (χ0n) is 11.9. The molecule has 0 aliphatic carbocycles. The first-order valence-corrected chi connectivity index (χ1v) is 8.37. The summed E-state index contributed by atoms with van der Waals surface area (Å²) in [5, 5.41) is 0. The minimum Gasteiger partial charge on any atom is -0.494 e. The highest BCUT2D eigenvalue weighted by Crippen LogP contribution is 2.38. The van der Waals surface area contributed by atoms with Crippen LogP contribution in [-0.4, -0.2) is 6.61 Å². The molecule has 3 heteroatoms. The lowest BCUT2D eigenvalue weighted by atomic mass is 10.0. The van der Waals surface area contributed by atoms with Crippen molar-refractivity contribution < 1.29 is 4.74 Å². The molecule has 20 heavy (non-hydrogen) atoms. The van der Waals surface area contributed by atoms with Crippen molar-refractivity contribution in [3.63, 3.8) is 0 Å². The summed E-state index contributed by atoms with van der Waals surface area (Å²) in [6.07, 6.45) is 0. The molecule has 2 aromatic rings. The second-order valence-corrected chi connectivity index (χ2v) is 6.62. The van der Waals surface area contributed by atoms with Crippen LogP contribution >= 0.6 is 31.9 Å². The van der Waals surface area contributed by atoms with Gasteiger partial charge in [-0.1, -0.05) is 61.7 Å². The predicted octanol–water partition coefficient (Wildman–Crippen LogP) is 5.95. The molecule has 106 valence electrons. The van der Waals surface area contributed by atoms with E-state index in [1.807, 2.05) is 13.0 Å². The van der Waals surface area contributed by atoms with Crippen LogP contribution in [0.1, 0.15) is 34.0 Å². The molecular formula is C17H18Br2O. The molecule has 0 bridgehead atoms. The first-order valence-electron chi connectivity index (χ1n) is 6.66. The summed E-state index contributed by atoms with van der Waals surface area (Å²) in [6, 6.07) is 12.7. The van der Waals surface area contributed by atoms with E-state index in [1.165, 1.54) is 22.3 Å². The number of hydrogen-bond acceptors (Lipinski definition) is 1. The maximum absolute atomic E-state index is 5.75. The molecule has 0 saturated heterocycles. The Balaban J connectivity index is 2.43. The van der Waals surface area contributed by atoms with Crippen molar-refractivity contribution in [1.82, 2.24) is 0 Å². The molecule has 0 heterocycles. The normalized spacial score (nSPS) is 12.2. The molecular weight excluding hydrogens is 380 g/mol. The number of aryl methyl sites for hydroxylation is 2. The highest BCUT2D eigenvalue weighted by atomic mass is 79.9. The molecule has 2 rings (SSSR count). The number of rotatable bonds is 4. The largest absolute Gasteiger partial charge is 0.494 e. The molecule has 0 N–H and O–H groups in total. The summed E-state index contributed by atoms with van der Waals surface area (Å²) in [4.78, 5) is 0.126. The van der Waals surface area contributed by atoms with Crippen LogP contribution in [0.5, 0.6) is 5.75 Å². The van der Waals surface area contributed by atoms with Crippen LogP contribution in [0.3, 0.4) is 0 Å². The number of hydrogen-bond donors (Lipinski definition) is 0. The SMILES string of the molecule is CCOc1ccc(C)cc1C(Br)c1ccc(C)c(Br)c1. The zero-order chi connectivity index (χ0) is 14.7. The highest BCUT2D eigenvalue weighted by molar-refractivity contribution is 9.10. The van der Waals surface area contributed by atoms with Gasteiger partial charge in [0.05, 0.1) is 11.4 Å². The van der Waals surface area contributed by atoms with Crippen LogP contribution in [0.15, 0.2) is 40.9 Å². The molecule has 0 fully saturated rings. The summed E-state index contributed by atoms with van der Waals surface area (Å²) in [6.45, 7) is 6.88. The second-order valence-electron chi connectivity index (χ2n) is 4.85. The van der Waals surface area contributed by atoms with Crippen LogP contribution in [0.25, 0.3) is 0 Å². The van der Waals surface area contributed by atoms with Crippen molar-refractivity contribution in [2.75, 3.05) is 6.61 Å². The number of ether oxygens (including phenoxy) is 1. The van der Waals surface area contributed by atoms with E-state index in [-0.39, 0.29) is 4.83 Å². The first-order chi connectivity index (χ1) is 9.52. The maximum atomic E-state index is 5.75. The first kappa shape index (κ1) is 15.6. The second kappa shape index (κ2) is 6.77. The Morgan fingerprint density at radius 1 is 1.10 bits per heavy atom. The van der Waals surface area contributed by atoms with E-state index >= 15 is 0 Å². The highest BCUT2D eigenvalue weighted by Gasteiger charge is 2.16. The quantitative estimate of drug-likeness (QED) is 0.579. The summed E-state index contributed by atoms with van der Waals surface area (Å²) in [7, 11) is 0. The molecule has 0 aliphatic rings. The number of halogens is 2. The minimum absolute atomic E-state index is 0.126. The lowest BCUT2D eigenvalue weighted by Gasteiger charge is -2.17. The van der Waals surface area contributed by atoms with Crippen molar-refractivity contribution in [2.45, 2.75) is 25.6 Å². The Morgan fingerprint density at radius 2 is 1.85 bits per heavy atom. The van der Waals surface area contributed by atoms with Gasteiger partial charge in [-0.3, -0.25) is 0 Å². The Bertz CT molecular complexity index is 608. The fourth-order valence-corrected chi connectivity index (χ4v) is 3.14. The molecule has 0 radical (unpaired) electrons. The van der Waals surface area contributed by atoms with Gasteiger partial charge >= 0.3 is 0 Å². The molecule has 0 aromatic heterocycles. The van der Waals surface area contributed by atoms with E-state index in [2.05, 4.69) is 76.0 Å². The van der Waals surface area contributed by atoms with E-state index in [9.17, 15) is 0 Å². The molecule has 1 unspecified atom stereocenters. The summed E-state index contributed by atoms with van der Waals surface area (Å²) in [5.41, 5.74) is 4.86. The van der Waals surface area contributed by atoms with Crippen molar-refractivity contribution >= 4 is 31.9 Å². The van der Waals surface area contributed by atoms with Crippen LogP contribution in [0.2, 0.25) is 0 Å². The van der Waals surface area contributed by atoms with E-state index in [0.29, 0.717) is 6.61 Å². The van der Waals surface area contributed by atoms with E-state index in [1.54, 1.807) is 0 Å². The zero-order valence-corrected chi connectivity index (χ0v) is 15.1. The number of alkyl halides is 1. The molecule has 0 aliphatic heterocycles. The molecule has 0 saturated carbocycles. The fourth-order valence-electron chi connectivity index (χ4n) is 2.10. The molecule has 2 aromatic carbocycles. The van der Waals surface area contributed by atoms with Gasteiger partial charge in [0.2, 0.25) is 0 Å². The van der Waals surface area contributed by atoms with Gasteiger partial charge in [0.25, 0.3) is 0 Å². The molecule has 0 spiro atoms. The van der Waals surface area contributed by atoms with Gasteiger partial charge in [-0.05, 0) is 44.0 Å². The smallest absolute Gasteiger partial charge is 0.123 e. The van der Waals surface area contributed by atoms with Crippen LogP contribution in [0.4, 0.5) is 0 Å². The van der Waals surface area contributed by atoms with E-state index < -0.39 is 0 Å². The van der Waals surface area contributed by atoms with Gasteiger partial charge in [0, 0.05) is 10.0 Å². The summed E-state index contributed by atoms with van der Waals surface area (Å²) >= 11 is 7.41. The number of benzene rings is 2. The van der Waals surface area contributed by atoms with Crippen molar-refractivity contribution in [2.24, 2.45) is 0 Å². The lowest BCUT2D eigenvalue weighted by molar-refractivity contribution is 0.337. The topological polar surface area (TPSA) is 9.23 Å².